The monoisotopic (exact) mass is 306 g/mol. The molecule has 2 heterocycles. The van der Waals surface area contributed by atoms with Crippen LogP contribution in [0.3, 0.4) is 0 Å². The van der Waals surface area contributed by atoms with Crippen LogP contribution in [0.25, 0.3) is 0 Å². The molecule has 2 rings (SSSR count). The molecular weight excluding hydrogens is 280 g/mol. The molecule has 0 radical (unpaired) electrons. The van der Waals surface area contributed by atoms with E-state index in [2.05, 4.69) is 35.9 Å². The van der Waals surface area contributed by atoms with Crippen molar-refractivity contribution in [1.29, 1.82) is 0 Å². The summed E-state index contributed by atoms with van der Waals surface area (Å²) in [5, 5.41) is 8.65. The first-order valence-corrected chi connectivity index (χ1v) is 7.82. The van der Waals surface area contributed by atoms with Gasteiger partial charge in [0.15, 0.2) is 5.82 Å². The number of anilines is 1. The Kier molecular flexibility index (Phi) is 4.88. The number of aromatic nitrogens is 2. The highest BCUT2D eigenvalue weighted by Crippen LogP contribution is 2.21. The summed E-state index contributed by atoms with van der Waals surface area (Å²) in [7, 11) is 0. The van der Waals surface area contributed by atoms with E-state index in [1.54, 1.807) is 4.90 Å². The molecule has 1 fully saturated rings. The van der Waals surface area contributed by atoms with Gasteiger partial charge in [0.25, 0.3) is 0 Å². The van der Waals surface area contributed by atoms with Crippen molar-refractivity contribution < 1.29 is 9.53 Å². The van der Waals surface area contributed by atoms with Crippen molar-refractivity contribution in [2.75, 3.05) is 31.1 Å². The molecule has 0 atom stereocenters. The van der Waals surface area contributed by atoms with Crippen LogP contribution >= 0.6 is 0 Å². The topological polar surface area (TPSA) is 58.6 Å². The molecule has 0 aliphatic carbocycles. The van der Waals surface area contributed by atoms with Crippen molar-refractivity contribution in [3.8, 4) is 0 Å². The Morgan fingerprint density at radius 2 is 1.77 bits per heavy atom. The number of hydrogen-bond acceptors (Lipinski definition) is 5. The molecule has 1 aliphatic heterocycles. The average molecular weight is 306 g/mol. The smallest absolute Gasteiger partial charge is 0.410 e. The van der Waals surface area contributed by atoms with E-state index in [1.807, 2.05) is 26.0 Å². The zero-order valence-electron chi connectivity index (χ0n) is 14.2. The van der Waals surface area contributed by atoms with Gasteiger partial charge in [0.2, 0.25) is 0 Å². The molecule has 0 aromatic carbocycles. The molecule has 0 saturated carbocycles. The molecule has 0 bridgehead atoms. The minimum atomic E-state index is -0.233. The van der Waals surface area contributed by atoms with Gasteiger partial charge >= 0.3 is 6.09 Å². The van der Waals surface area contributed by atoms with Crippen molar-refractivity contribution in [1.82, 2.24) is 15.1 Å². The molecule has 1 aromatic rings. The van der Waals surface area contributed by atoms with E-state index in [1.165, 1.54) is 0 Å². The molecule has 1 amide bonds. The van der Waals surface area contributed by atoms with E-state index in [-0.39, 0.29) is 17.6 Å². The molecule has 1 aromatic heterocycles. The Balaban J connectivity index is 1.93. The fourth-order valence-corrected chi connectivity index (χ4v) is 2.29. The highest BCUT2D eigenvalue weighted by Gasteiger charge is 2.24. The van der Waals surface area contributed by atoms with Gasteiger partial charge in [-0.15, -0.1) is 5.10 Å². The Morgan fingerprint density at radius 3 is 2.23 bits per heavy atom. The number of piperazine rings is 1. The molecule has 6 heteroatoms. The second-order valence-electron chi connectivity index (χ2n) is 6.93. The third-order valence-corrected chi connectivity index (χ3v) is 3.62. The normalized spacial score (nSPS) is 16.1. The van der Waals surface area contributed by atoms with Crippen LogP contribution < -0.4 is 4.90 Å². The van der Waals surface area contributed by atoms with Crippen LogP contribution in [0.4, 0.5) is 10.6 Å². The fourth-order valence-electron chi connectivity index (χ4n) is 2.29. The van der Waals surface area contributed by atoms with E-state index >= 15 is 0 Å². The molecule has 0 unspecified atom stereocenters. The zero-order chi connectivity index (χ0) is 16.3. The highest BCUT2D eigenvalue weighted by atomic mass is 16.6. The molecular formula is C16H26N4O2. The first kappa shape index (κ1) is 16.5. The van der Waals surface area contributed by atoms with Crippen molar-refractivity contribution in [3.05, 3.63) is 17.8 Å². The highest BCUT2D eigenvalue weighted by molar-refractivity contribution is 5.68. The number of carbonyl (C=O) groups is 1. The van der Waals surface area contributed by atoms with Crippen LogP contribution in [-0.2, 0) is 10.2 Å². The Morgan fingerprint density at radius 1 is 1.14 bits per heavy atom. The van der Waals surface area contributed by atoms with Crippen LogP contribution in [0.15, 0.2) is 12.1 Å². The summed E-state index contributed by atoms with van der Waals surface area (Å²) in [5.41, 5.74) is 0.987. The number of carbonyl (C=O) groups excluding carboxylic acids is 1. The van der Waals surface area contributed by atoms with Crippen LogP contribution in [-0.4, -0.2) is 53.5 Å². The van der Waals surface area contributed by atoms with Crippen LogP contribution in [0.2, 0.25) is 0 Å². The lowest BCUT2D eigenvalue weighted by Crippen LogP contribution is -2.49. The lowest BCUT2D eigenvalue weighted by molar-refractivity contribution is 0.0751. The number of rotatable bonds is 2. The predicted octanol–water partition coefficient (Wildman–Crippen LogP) is 2.44. The van der Waals surface area contributed by atoms with Crippen molar-refractivity contribution in [2.24, 2.45) is 0 Å². The third-order valence-electron chi connectivity index (χ3n) is 3.62. The van der Waals surface area contributed by atoms with E-state index in [4.69, 9.17) is 4.74 Å². The second-order valence-corrected chi connectivity index (χ2v) is 6.93. The van der Waals surface area contributed by atoms with E-state index < -0.39 is 0 Å². The molecule has 1 aliphatic rings. The number of ether oxygens (including phenoxy) is 1. The quantitative estimate of drug-likeness (QED) is 0.840. The summed E-state index contributed by atoms with van der Waals surface area (Å²) < 4.78 is 5.22. The van der Waals surface area contributed by atoms with E-state index in [0.717, 1.165) is 24.6 Å². The fraction of sp³-hybridized carbons (Fsp3) is 0.688. The van der Waals surface area contributed by atoms with E-state index in [0.29, 0.717) is 13.1 Å². The first-order chi connectivity index (χ1) is 10.3. The van der Waals surface area contributed by atoms with Gasteiger partial charge in [0.1, 0.15) is 0 Å². The lowest BCUT2D eigenvalue weighted by Gasteiger charge is -2.35. The van der Waals surface area contributed by atoms with Gasteiger partial charge in [-0.3, -0.25) is 0 Å². The first-order valence-electron chi connectivity index (χ1n) is 7.82. The molecule has 0 spiro atoms. The number of nitrogens with zero attached hydrogens (tertiary/aromatic N) is 4. The maximum Gasteiger partial charge on any atom is 0.410 e. The summed E-state index contributed by atoms with van der Waals surface area (Å²) >= 11 is 0. The molecule has 22 heavy (non-hydrogen) atoms. The zero-order valence-corrected chi connectivity index (χ0v) is 14.2. The standard InChI is InChI=1S/C16H26N4O2/c1-12(2)22-15(21)20-10-8-19(9-11-20)14-7-6-13(17-18-14)16(3,4)5/h6-7,12H,8-11H2,1-5H3. The maximum absolute atomic E-state index is 11.9. The van der Waals surface area contributed by atoms with Gasteiger partial charge in [-0.25, -0.2) is 4.79 Å². The predicted molar refractivity (Wildman–Crippen MR) is 86.1 cm³/mol. The largest absolute Gasteiger partial charge is 0.447 e. The minimum Gasteiger partial charge on any atom is -0.447 e. The van der Waals surface area contributed by atoms with Crippen LogP contribution in [0, 0.1) is 0 Å². The van der Waals surface area contributed by atoms with E-state index in [9.17, 15) is 4.79 Å². The van der Waals surface area contributed by atoms with Crippen molar-refractivity contribution in [2.45, 2.75) is 46.1 Å². The average Bonchev–Trinajstić information content (AvgIpc) is 2.46. The second kappa shape index (κ2) is 6.50. The number of amides is 1. The van der Waals surface area contributed by atoms with Crippen LogP contribution in [0.1, 0.15) is 40.3 Å². The Labute approximate surface area is 132 Å². The van der Waals surface area contributed by atoms with Crippen molar-refractivity contribution in [3.63, 3.8) is 0 Å². The molecule has 0 N–H and O–H groups in total. The Hall–Kier alpha value is -1.85. The van der Waals surface area contributed by atoms with Crippen molar-refractivity contribution >= 4 is 11.9 Å². The summed E-state index contributed by atoms with van der Waals surface area (Å²) in [5.74, 6) is 0.866. The van der Waals surface area contributed by atoms with Gasteiger partial charge in [0, 0.05) is 31.6 Å². The lowest BCUT2D eigenvalue weighted by atomic mass is 9.92. The van der Waals surface area contributed by atoms with Crippen LogP contribution in [0.5, 0.6) is 0 Å². The summed E-state index contributed by atoms with van der Waals surface area (Å²) in [6.45, 7) is 12.9. The number of hydrogen-bond donors (Lipinski definition) is 0. The maximum atomic E-state index is 11.9. The Bertz CT molecular complexity index is 500. The summed E-state index contributed by atoms with van der Waals surface area (Å²) in [6, 6.07) is 4.04. The molecule has 6 nitrogen and oxygen atoms in total. The van der Waals surface area contributed by atoms with Gasteiger partial charge < -0.3 is 14.5 Å². The molecule has 122 valence electrons. The summed E-state index contributed by atoms with van der Waals surface area (Å²) in [6.07, 6.45) is -0.315. The van der Waals surface area contributed by atoms with Gasteiger partial charge in [-0.2, -0.15) is 5.10 Å². The minimum absolute atomic E-state index is 0.00479. The van der Waals surface area contributed by atoms with Gasteiger partial charge in [0.05, 0.1) is 11.8 Å². The third kappa shape index (κ3) is 4.08. The SMILES string of the molecule is CC(C)OC(=O)N1CCN(c2ccc(C(C)(C)C)nn2)CC1. The molecule has 1 saturated heterocycles. The van der Waals surface area contributed by atoms with Gasteiger partial charge in [-0.1, -0.05) is 20.8 Å². The summed E-state index contributed by atoms with van der Waals surface area (Å²) in [4.78, 5) is 15.8. The van der Waals surface area contributed by atoms with Gasteiger partial charge in [-0.05, 0) is 26.0 Å².